The Labute approximate surface area is 125 Å². The molecule has 1 saturated heterocycles. The average Bonchev–Trinajstić information content (AvgIpc) is 3.14. The lowest BCUT2D eigenvalue weighted by molar-refractivity contribution is -0.132. The van der Waals surface area contributed by atoms with E-state index in [1.54, 1.807) is 11.8 Å². The molecule has 1 spiro atoms. The number of carbonyl (C=O) groups is 1. The number of hydrogen-bond donors (Lipinski definition) is 1. The highest BCUT2D eigenvalue weighted by molar-refractivity contribution is 7.98. The SMILES string of the molecule is CSCC(C)N1C(=O)C2(CC2)NC1c1ccc(C)cc1. The van der Waals surface area contributed by atoms with Gasteiger partial charge in [-0.1, -0.05) is 29.8 Å². The highest BCUT2D eigenvalue weighted by Crippen LogP contribution is 2.46. The number of aryl methyl sites for hydroxylation is 1. The van der Waals surface area contributed by atoms with Crippen LogP contribution >= 0.6 is 11.8 Å². The van der Waals surface area contributed by atoms with Gasteiger partial charge in [-0.3, -0.25) is 10.1 Å². The molecule has 1 amide bonds. The molecule has 1 aromatic carbocycles. The van der Waals surface area contributed by atoms with Gasteiger partial charge in [-0.25, -0.2) is 0 Å². The van der Waals surface area contributed by atoms with Crippen LogP contribution in [0.2, 0.25) is 0 Å². The van der Waals surface area contributed by atoms with Gasteiger partial charge >= 0.3 is 0 Å². The van der Waals surface area contributed by atoms with Crippen LogP contribution < -0.4 is 5.32 Å². The van der Waals surface area contributed by atoms with Crippen LogP contribution in [0.5, 0.6) is 0 Å². The van der Waals surface area contributed by atoms with Gasteiger partial charge in [0.2, 0.25) is 5.91 Å². The van der Waals surface area contributed by atoms with Gasteiger partial charge in [0.15, 0.2) is 0 Å². The lowest BCUT2D eigenvalue weighted by Gasteiger charge is -2.30. The maximum Gasteiger partial charge on any atom is 0.244 e. The first kappa shape index (κ1) is 14.0. The molecule has 2 fully saturated rings. The number of thioether (sulfide) groups is 1. The minimum absolute atomic E-state index is 0.0350. The topological polar surface area (TPSA) is 32.3 Å². The Morgan fingerprint density at radius 2 is 2.05 bits per heavy atom. The van der Waals surface area contributed by atoms with Gasteiger partial charge in [-0.2, -0.15) is 11.8 Å². The van der Waals surface area contributed by atoms with Crippen molar-refractivity contribution in [2.75, 3.05) is 12.0 Å². The molecular weight excluding hydrogens is 268 g/mol. The molecule has 3 nitrogen and oxygen atoms in total. The summed E-state index contributed by atoms with van der Waals surface area (Å²) in [6.07, 6.45) is 4.10. The number of nitrogens with one attached hydrogen (secondary N) is 1. The second-order valence-electron chi connectivity index (χ2n) is 6.06. The van der Waals surface area contributed by atoms with Crippen molar-refractivity contribution < 1.29 is 4.79 Å². The van der Waals surface area contributed by atoms with E-state index in [0.717, 1.165) is 18.6 Å². The van der Waals surface area contributed by atoms with Crippen LogP contribution in [0.1, 0.15) is 37.1 Å². The van der Waals surface area contributed by atoms with Crippen molar-refractivity contribution in [1.82, 2.24) is 10.2 Å². The molecule has 1 N–H and O–H groups in total. The summed E-state index contributed by atoms with van der Waals surface area (Å²) >= 11 is 1.80. The van der Waals surface area contributed by atoms with Crippen LogP contribution in [0.4, 0.5) is 0 Å². The Balaban J connectivity index is 1.90. The number of nitrogens with zero attached hydrogens (tertiary/aromatic N) is 1. The molecule has 2 aliphatic rings. The summed E-state index contributed by atoms with van der Waals surface area (Å²) < 4.78 is 0. The van der Waals surface area contributed by atoms with E-state index in [9.17, 15) is 4.79 Å². The maximum absolute atomic E-state index is 12.7. The third-order valence-corrected chi connectivity index (χ3v) is 5.18. The Bertz CT molecular complexity index is 510. The molecule has 0 aromatic heterocycles. The molecule has 20 heavy (non-hydrogen) atoms. The van der Waals surface area contributed by atoms with E-state index in [1.807, 2.05) is 0 Å². The van der Waals surface area contributed by atoms with E-state index in [-0.39, 0.29) is 17.7 Å². The minimum Gasteiger partial charge on any atom is -0.318 e. The van der Waals surface area contributed by atoms with Crippen LogP contribution in [0.15, 0.2) is 24.3 Å². The van der Waals surface area contributed by atoms with Gasteiger partial charge in [0.05, 0.1) is 0 Å². The van der Waals surface area contributed by atoms with E-state index in [0.29, 0.717) is 5.91 Å². The van der Waals surface area contributed by atoms with Crippen molar-refractivity contribution in [3.63, 3.8) is 0 Å². The van der Waals surface area contributed by atoms with Crippen molar-refractivity contribution >= 4 is 17.7 Å². The molecule has 2 unspecified atom stereocenters. The smallest absolute Gasteiger partial charge is 0.244 e. The Kier molecular flexibility index (Phi) is 3.55. The van der Waals surface area contributed by atoms with Crippen molar-refractivity contribution in [3.8, 4) is 0 Å². The summed E-state index contributed by atoms with van der Waals surface area (Å²) in [7, 11) is 0. The summed E-state index contributed by atoms with van der Waals surface area (Å²) in [5.74, 6) is 1.27. The summed E-state index contributed by atoms with van der Waals surface area (Å²) in [5.41, 5.74) is 2.20. The zero-order valence-electron chi connectivity index (χ0n) is 12.3. The zero-order chi connectivity index (χ0) is 14.3. The van der Waals surface area contributed by atoms with Gasteiger partial charge in [0.1, 0.15) is 11.7 Å². The second-order valence-corrected chi connectivity index (χ2v) is 6.97. The van der Waals surface area contributed by atoms with E-state index < -0.39 is 0 Å². The second kappa shape index (κ2) is 5.08. The van der Waals surface area contributed by atoms with E-state index in [2.05, 4.69) is 54.6 Å². The third kappa shape index (κ3) is 2.25. The Morgan fingerprint density at radius 3 is 2.60 bits per heavy atom. The van der Waals surface area contributed by atoms with Crippen molar-refractivity contribution in [3.05, 3.63) is 35.4 Å². The maximum atomic E-state index is 12.7. The lowest BCUT2D eigenvalue weighted by atomic mass is 10.1. The van der Waals surface area contributed by atoms with Crippen molar-refractivity contribution in [2.24, 2.45) is 0 Å². The number of carbonyl (C=O) groups excluding carboxylic acids is 1. The van der Waals surface area contributed by atoms with Crippen LogP contribution in [0.25, 0.3) is 0 Å². The number of benzene rings is 1. The summed E-state index contributed by atoms with van der Waals surface area (Å²) in [4.78, 5) is 14.8. The monoisotopic (exact) mass is 290 g/mol. The molecule has 0 bridgehead atoms. The fourth-order valence-electron chi connectivity index (χ4n) is 3.01. The molecule has 3 rings (SSSR count). The van der Waals surface area contributed by atoms with E-state index >= 15 is 0 Å². The summed E-state index contributed by atoms with van der Waals surface area (Å²) in [6.45, 7) is 4.24. The predicted octanol–water partition coefficient (Wildman–Crippen LogP) is 2.71. The Hall–Kier alpha value is -1.00. The van der Waals surface area contributed by atoms with Crippen LogP contribution in [-0.2, 0) is 4.79 Å². The molecule has 108 valence electrons. The first-order valence-corrected chi connectivity index (χ1v) is 8.63. The molecule has 1 aliphatic carbocycles. The fourth-order valence-corrected chi connectivity index (χ4v) is 3.65. The highest BCUT2D eigenvalue weighted by Gasteiger charge is 2.60. The van der Waals surface area contributed by atoms with Gasteiger partial charge in [-0.15, -0.1) is 0 Å². The van der Waals surface area contributed by atoms with Gasteiger partial charge in [-0.05, 0) is 38.5 Å². The van der Waals surface area contributed by atoms with Crippen LogP contribution in [-0.4, -0.2) is 34.4 Å². The van der Waals surface area contributed by atoms with Crippen LogP contribution in [0, 0.1) is 6.92 Å². The third-order valence-electron chi connectivity index (χ3n) is 4.36. The molecule has 1 saturated carbocycles. The minimum atomic E-state index is -0.248. The zero-order valence-corrected chi connectivity index (χ0v) is 13.2. The molecule has 4 heteroatoms. The van der Waals surface area contributed by atoms with Crippen molar-refractivity contribution in [2.45, 2.75) is 44.4 Å². The lowest BCUT2D eigenvalue weighted by Crippen LogP contribution is -2.40. The van der Waals surface area contributed by atoms with Gasteiger partial charge in [0, 0.05) is 11.8 Å². The highest BCUT2D eigenvalue weighted by atomic mass is 32.2. The molecule has 1 heterocycles. The fraction of sp³-hybridized carbons (Fsp3) is 0.562. The van der Waals surface area contributed by atoms with Gasteiger partial charge in [0.25, 0.3) is 0 Å². The van der Waals surface area contributed by atoms with E-state index in [1.165, 1.54) is 11.1 Å². The molecule has 0 radical (unpaired) electrons. The predicted molar refractivity (Wildman–Crippen MR) is 83.7 cm³/mol. The first-order valence-electron chi connectivity index (χ1n) is 7.23. The Morgan fingerprint density at radius 1 is 1.40 bits per heavy atom. The molecule has 1 aromatic rings. The van der Waals surface area contributed by atoms with Crippen LogP contribution in [0.3, 0.4) is 0 Å². The van der Waals surface area contributed by atoms with Crippen molar-refractivity contribution in [1.29, 1.82) is 0 Å². The normalized spacial score (nSPS) is 25.2. The summed E-state index contributed by atoms with van der Waals surface area (Å²) in [5, 5.41) is 3.58. The first-order chi connectivity index (χ1) is 9.57. The van der Waals surface area contributed by atoms with E-state index in [4.69, 9.17) is 0 Å². The quantitative estimate of drug-likeness (QED) is 0.925. The number of rotatable bonds is 4. The number of amides is 1. The largest absolute Gasteiger partial charge is 0.318 e. The average molecular weight is 290 g/mol. The van der Waals surface area contributed by atoms with Gasteiger partial charge < -0.3 is 4.90 Å². The standard InChI is InChI=1S/C16H22N2OS/c1-11-4-6-13(7-5-11)14-17-16(8-9-16)15(19)18(14)12(2)10-20-3/h4-7,12,14,17H,8-10H2,1-3H3. The molecule has 1 aliphatic heterocycles. The molecular formula is C16H22N2OS. The molecule has 2 atom stereocenters. The number of hydrogen-bond acceptors (Lipinski definition) is 3. The summed E-state index contributed by atoms with van der Waals surface area (Å²) in [6, 6.07) is 8.78.